The number of carboxylic acids is 9. The van der Waals surface area contributed by atoms with Gasteiger partial charge in [0.05, 0.1) is 35.5 Å². The van der Waals surface area contributed by atoms with Gasteiger partial charge >= 0.3 is 53.7 Å². The third kappa shape index (κ3) is 99.0. The molecule has 7 unspecified atom stereocenters. The highest BCUT2D eigenvalue weighted by atomic mass is 16.4. The summed E-state index contributed by atoms with van der Waals surface area (Å²) < 4.78 is 0. The summed E-state index contributed by atoms with van der Waals surface area (Å²) in [5.74, 6) is -6.23. The van der Waals surface area contributed by atoms with E-state index in [9.17, 15) is 43.2 Å². The maximum Gasteiger partial charge on any atom is 0.306 e. The van der Waals surface area contributed by atoms with Gasteiger partial charge in [-0.25, -0.2) is 0 Å². The minimum Gasteiger partial charge on any atom is -0.481 e. The molecule has 18 heteroatoms. The second kappa shape index (κ2) is 85.2. The normalized spacial score (nSPS) is 12.3. The highest BCUT2D eigenvalue weighted by molar-refractivity contribution is 5.71. The van der Waals surface area contributed by atoms with E-state index in [1.165, 1.54) is 51.4 Å². The van der Waals surface area contributed by atoms with Crippen LogP contribution in [-0.4, -0.2) is 99.7 Å². The Morgan fingerprint density at radius 3 is 0.758 bits per heavy atom. The predicted molar refractivity (Wildman–Crippen MR) is 373 cm³/mol. The molecule has 0 amide bonds. The maximum atomic E-state index is 10.7. The van der Waals surface area contributed by atoms with Gasteiger partial charge in [-0.15, -0.1) is 0 Å². The molecule has 7 atom stereocenters. The van der Waals surface area contributed by atoms with Crippen molar-refractivity contribution in [3.05, 3.63) is 0 Å². The number of hydrogen-bond acceptors (Lipinski definition) is 9. The van der Waals surface area contributed by atoms with Gasteiger partial charge in [0.25, 0.3) is 0 Å². The molecule has 0 heterocycles. The summed E-state index contributed by atoms with van der Waals surface area (Å²) in [6.45, 7) is 32.4. The molecule has 0 rings (SSSR count). The Morgan fingerprint density at radius 1 is 0.231 bits per heavy atom. The van der Waals surface area contributed by atoms with Crippen LogP contribution in [0.4, 0.5) is 0 Å². The lowest BCUT2D eigenvalue weighted by molar-refractivity contribution is -0.143. The first-order valence-electron chi connectivity index (χ1n) is 36.0. The minimum absolute atomic E-state index is 0.0958. The van der Waals surface area contributed by atoms with Crippen molar-refractivity contribution in [1.82, 2.24) is 0 Å². The minimum atomic E-state index is -0.711. The maximum absolute atomic E-state index is 10.7. The van der Waals surface area contributed by atoms with Crippen LogP contribution in [0.5, 0.6) is 0 Å². The molecule has 0 fully saturated rings. The second-order valence-electron chi connectivity index (χ2n) is 24.0. The molecule has 0 aromatic carbocycles. The molecule has 0 aliphatic carbocycles. The molecular weight excluding hydrogens is 1160 g/mol. The molecule has 0 aliphatic heterocycles. The number of carboxylic acid groups (broad SMARTS) is 9. The van der Waals surface area contributed by atoms with Crippen LogP contribution in [0.15, 0.2) is 0 Å². The zero-order valence-electron chi connectivity index (χ0n) is 61.2. The van der Waals surface area contributed by atoms with E-state index in [1.54, 1.807) is 6.92 Å². The number of hydrogen-bond donors (Lipinski definition) is 9. The van der Waals surface area contributed by atoms with E-state index in [0.29, 0.717) is 25.2 Å². The van der Waals surface area contributed by atoms with Crippen molar-refractivity contribution in [3.63, 3.8) is 0 Å². The van der Waals surface area contributed by atoms with E-state index in [2.05, 4.69) is 55.4 Å². The standard InChI is InChI=1S/C11H22O2.C10H20O2.3C9H18O2.C8H16O2.C7H14O2.C6H12O2.C4H8O2/c1-3-5-6-7-8-9-10(4-2)11(12)13;1-3-5-6-8-9(7-4-2)10(11)12;1-3-4-5-6-7-8(2)9(10)11;1-3-5-6-7-8(4-2)9(10)11;1-3-5-7-8(6-4-2)9(10)11;1-3-5-6-7(4-2)8(9)10;1-3-4-6(2)5-7(8)9;1-2-3-4-5-6(7)8;1-2-3-4(5)6/h10H,3-9H2,1-2H3,(H,12,13);9H,3-8H2,1-2H3,(H,11,12);3*8H,3-7H2,1-2H3,(H,10,11);7H,3-6H2,1-2H3,(H,9,10);6H,3-5H2,1-2H3,(H,8,9);2-5H2,1H3,(H,7,8);2-3H2,1H3,(H,5,6). The highest BCUT2D eigenvalue weighted by Crippen LogP contribution is 2.18. The number of carbonyl (C=O) groups is 9. The van der Waals surface area contributed by atoms with Crippen LogP contribution < -0.4 is 0 Å². The molecule has 0 aromatic heterocycles. The van der Waals surface area contributed by atoms with E-state index in [0.717, 1.165) is 193 Å². The fraction of sp³-hybridized carbons (Fsp3) is 0.877. The molecule has 0 spiro atoms. The molecule has 0 bridgehead atoms. The lowest BCUT2D eigenvalue weighted by Gasteiger charge is -2.09. The van der Waals surface area contributed by atoms with Gasteiger partial charge in [-0.2, -0.15) is 0 Å². The number of unbranched alkanes of at least 4 members (excludes halogenated alkanes) is 15. The molecule has 546 valence electrons. The van der Waals surface area contributed by atoms with Gasteiger partial charge in [-0.1, -0.05) is 271 Å². The Bertz CT molecular complexity index is 1620. The monoisotopic (exact) mass is 1310 g/mol. The summed E-state index contributed by atoms with van der Waals surface area (Å²) in [5, 5.41) is 76.5. The van der Waals surface area contributed by atoms with Crippen molar-refractivity contribution in [2.24, 2.45) is 41.4 Å². The van der Waals surface area contributed by atoms with Crippen LogP contribution in [0.3, 0.4) is 0 Å². The Kier molecular flexibility index (Phi) is 98.4. The van der Waals surface area contributed by atoms with Crippen molar-refractivity contribution in [2.45, 2.75) is 374 Å². The Hall–Kier alpha value is -4.77. The van der Waals surface area contributed by atoms with Crippen LogP contribution in [0.25, 0.3) is 0 Å². The van der Waals surface area contributed by atoms with E-state index in [-0.39, 0.29) is 35.5 Å². The third-order valence-corrected chi connectivity index (χ3v) is 15.0. The average Bonchev–Trinajstić information content (AvgIpc) is 3.68. The second-order valence-corrected chi connectivity index (χ2v) is 24.0. The van der Waals surface area contributed by atoms with Gasteiger partial charge in [0.1, 0.15) is 0 Å². The summed E-state index contributed by atoms with van der Waals surface area (Å²) in [4.78, 5) is 92.8. The summed E-state index contributed by atoms with van der Waals surface area (Å²) in [6.07, 6.45) is 39.4. The molecule has 0 saturated carbocycles. The van der Waals surface area contributed by atoms with E-state index in [1.807, 2.05) is 48.5 Å². The zero-order valence-corrected chi connectivity index (χ0v) is 61.2. The van der Waals surface area contributed by atoms with Crippen molar-refractivity contribution in [1.29, 1.82) is 0 Å². The van der Waals surface area contributed by atoms with Gasteiger partial charge < -0.3 is 46.0 Å². The summed E-state index contributed by atoms with van der Waals surface area (Å²) in [7, 11) is 0. The van der Waals surface area contributed by atoms with Crippen LogP contribution in [0.2, 0.25) is 0 Å². The lowest BCUT2D eigenvalue weighted by atomic mass is 9.97. The molecule has 0 aliphatic rings. The van der Waals surface area contributed by atoms with Crippen molar-refractivity contribution < 1.29 is 89.1 Å². The number of rotatable bonds is 48. The van der Waals surface area contributed by atoms with Crippen LogP contribution >= 0.6 is 0 Å². The first-order chi connectivity index (χ1) is 43.0. The molecular formula is C73H146O18. The fourth-order valence-electron chi connectivity index (χ4n) is 8.80. The van der Waals surface area contributed by atoms with Gasteiger partial charge in [0, 0.05) is 19.3 Å². The zero-order chi connectivity index (χ0) is 72.2. The van der Waals surface area contributed by atoms with E-state index in [4.69, 9.17) is 46.0 Å². The summed E-state index contributed by atoms with van der Waals surface area (Å²) >= 11 is 0. The van der Waals surface area contributed by atoms with E-state index < -0.39 is 53.7 Å². The van der Waals surface area contributed by atoms with Crippen LogP contribution in [-0.2, 0) is 43.2 Å². The lowest BCUT2D eigenvalue weighted by Crippen LogP contribution is -2.13. The Labute approximate surface area is 556 Å². The SMILES string of the molecule is CCCC(=O)O.CCCC(C)CC(=O)O.CCCCC(CC)C(=O)O.CCCCC(CCC)C(=O)O.CCCCCC(=O)O.CCCCCC(CC)C(=O)O.CCCCCC(CCC)C(=O)O.CCCCCCC(C)C(=O)O.CCCCCCCC(CC)C(=O)O. The fourth-order valence-corrected chi connectivity index (χ4v) is 8.80. The van der Waals surface area contributed by atoms with Gasteiger partial charge in [0.2, 0.25) is 0 Å². The molecule has 0 saturated heterocycles. The van der Waals surface area contributed by atoms with Crippen molar-refractivity contribution >= 4 is 53.7 Å². The quantitative estimate of drug-likeness (QED) is 0.0256. The van der Waals surface area contributed by atoms with Gasteiger partial charge in [-0.3, -0.25) is 43.2 Å². The first kappa shape index (κ1) is 105. The van der Waals surface area contributed by atoms with Crippen molar-refractivity contribution in [3.8, 4) is 0 Å². The summed E-state index contributed by atoms with van der Waals surface area (Å²) in [6, 6.07) is 0. The molecule has 0 aromatic rings. The number of aliphatic carboxylic acids is 9. The predicted octanol–water partition coefficient (Wildman–Crippen LogP) is 21.3. The molecule has 0 radical (unpaired) electrons. The smallest absolute Gasteiger partial charge is 0.306 e. The highest BCUT2D eigenvalue weighted by Gasteiger charge is 2.17. The summed E-state index contributed by atoms with van der Waals surface area (Å²) in [5.41, 5.74) is 0. The van der Waals surface area contributed by atoms with Gasteiger partial charge in [0.15, 0.2) is 0 Å². The molecule has 91 heavy (non-hydrogen) atoms. The third-order valence-electron chi connectivity index (χ3n) is 15.0. The Balaban J connectivity index is -0.000000119. The molecule has 9 N–H and O–H groups in total. The first-order valence-corrected chi connectivity index (χ1v) is 36.0. The molecule has 18 nitrogen and oxygen atoms in total. The van der Waals surface area contributed by atoms with Crippen LogP contribution in [0, 0.1) is 41.4 Å². The largest absolute Gasteiger partial charge is 0.481 e. The Morgan fingerprint density at radius 2 is 0.495 bits per heavy atom. The van der Waals surface area contributed by atoms with Crippen molar-refractivity contribution in [2.75, 3.05) is 0 Å². The van der Waals surface area contributed by atoms with Crippen LogP contribution in [0.1, 0.15) is 374 Å². The van der Waals surface area contributed by atoms with Gasteiger partial charge in [-0.05, 0) is 89.4 Å². The average molecular weight is 1310 g/mol. The topological polar surface area (TPSA) is 336 Å². The van der Waals surface area contributed by atoms with E-state index >= 15 is 0 Å².